The molecule has 1 rings (SSSR count). The zero-order valence-corrected chi connectivity index (χ0v) is 9.35. The summed E-state index contributed by atoms with van der Waals surface area (Å²) in [5.74, 6) is -0.563. The second-order valence-corrected chi connectivity index (χ2v) is 2.96. The van der Waals surface area contributed by atoms with Gasteiger partial charge in [-0.3, -0.25) is 4.79 Å². The third kappa shape index (κ3) is 2.92. The van der Waals surface area contributed by atoms with E-state index in [-0.39, 0.29) is 5.56 Å². The number of nitrogen functional groups attached to an aromatic ring is 1. The average molecular weight is 215 g/mol. The molecule has 4 heteroatoms. The largest absolute Gasteiger partial charge is 0.398 e. The Morgan fingerprint density at radius 2 is 1.86 bits per heavy atom. The van der Waals surface area contributed by atoms with Crippen LogP contribution in [0.15, 0.2) is 12.1 Å². The van der Waals surface area contributed by atoms with Crippen LogP contribution in [-0.4, -0.2) is 5.91 Å². The van der Waals surface area contributed by atoms with Crippen molar-refractivity contribution >= 4 is 23.2 Å². The van der Waals surface area contributed by atoms with Crippen LogP contribution in [0, 0.1) is 6.92 Å². The van der Waals surface area contributed by atoms with Gasteiger partial charge in [0.2, 0.25) is 5.91 Å². The molecule has 0 saturated heterocycles. The number of hydrogen-bond donors (Lipinski definition) is 2. The molecule has 0 saturated carbocycles. The average Bonchev–Trinajstić information content (AvgIpc) is 2.14. The summed E-state index contributed by atoms with van der Waals surface area (Å²) >= 11 is 5.74. The van der Waals surface area contributed by atoms with Gasteiger partial charge in [0.05, 0.1) is 10.6 Å². The topological polar surface area (TPSA) is 69.1 Å². The molecule has 1 aromatic carbocycles. The van der Waals surface area contributed by atoms with Crippen molar-refractivity contribution in [2.75, 3.05) is 5.73 Å². The molecule has 0 heterocycles. The molecule has 4 N–H and O–H groups in total. The summed E-state index contributed by atoms with van der Waals surface area (Å²) in [7, 11) is 0. The summed E-state index contributed by atoms with van der Waals surface area (Å²) in [6.07, 6.45) is 0. The maximum Gasteiger partial charge on any atom is 0.250 e. The fourth-order valence-corrected chi connectivity index (χ4v) is 1.19. The Labute approximate surface area is 89.0 Å². The molecule has 0 spiro atoms. The summed E-state index contributed by atoms with van der Waals surface area (Å²) in [5.41, 5.74) is 12.2. The molecule has 0 bridgehead atoms. The number of aryl methyl sites for hydroxylation is 1. The van der Waals surface area contributed by atoms with E-state index >= 15 is 0 Å². The summed E-state index contributed by atoms with van der Waals surface area (Å²) in [6.45, 7) is 5.81. The van der Waals surface area contributed by atoms with Crippen molar-refractivity contribution in [3.63, 3.8) is 0 Å². The predicted molar refractivity (Wildman–Crippen MR) is 60.5 cm³/mol. The third-order valence-corrected chi connectivity index (χ3v) is 1.93. The molecule has 1 aromatic rings. The Morgan fingerprint density at radius 3 is 2.29 bits per heavy atom. The molecule has 78 valence electrons. The minimum Gasteiger partial charge on any atom is -0.398 e. The van der Waals surface area contributed by atoms with Crippen LogP contribution in [0.2, 0.25) is 5.02 Å². The number of amides is 1. The van der Waals surface area contributed by atoms with E-state index in [1.165, 1.54) is 6.07 Å². The fraction of sp³-hybridized carbons (Fsp3) is 0.300. The second-order valence-electron chi connectivity index (χ2n) is 2.55. The van der Waals surface area contributed by atoms with E-state index in [0.717, 1.165) is 5.56 Å². The Kier molecular flexibility index (Phi) is 5.02. The highest BCUT2D eigenvalue weighted by Gasteiger charge is 2.07. The van der Waals surface area contributed by atoms with Gasteiger partial charge < -0.3 is 11.5 Å². The van der Waals surface area contributed by atoms with Crippen LogP contribution >= 0.6 is 11.6 Å². The van der Waals surface area contributed by atoms with Gasteiger partial charge in [-0.15, -0.1) is 0 Å². The molecule has 0 radical (unpaired) electrons. The normalized spacial score (nSPS) is 8.86. The van der Waals surface area contributed by atoms with Crippen LogP contribution in [0.25, 0.3) is 0 Å². The first-order valence-corrected chi connectivity index (χ1v) is 4.75. The van der Waals surface area contributed by atoms with Crippen LogP contribution in [0.1, 0.15) is 29.8 Å². The maximum atomic E-state index is 10.8. The van der Waals surface area contributed by atoms with Crippen molar-refractivity contribution < 1.29 is 4.79 Å². The highest BCUT2D eigenvalue weighted by Crippen LogP contribution is 2.21. The molecule has 0 aliphatic rings. The number of benzene rings is 1. The quantitative estimate of drug-likeness (QED) is 0.705. The highest BCUT2D eigenvalue weighted by molar-refractivity contribution is 6.34. The SMILES string of the molecule is CC.Cc1cc(Cl)c(C(N)=O)cc1N. The van der Waals surface area contributed by atoms with Crippen LogP contribution in [0.5, 0.6) is 0 Å². The Bertz CT molecular complexity index is 337. The molecule has 0 aromatic heterocycles. The van der Waals surface area contributed by atoms with Crippen molar-refractivity contribution in [3.8, 4) is 0 Å². The highest BCUT2D eigenvalue weighted by atomic mass is 35.5. The number of primary amides is 1. The van der Waals surface area contributed by atoms with Gasteiger partial charge in [-0.1, -0.05) is 25.4 Å². The van der Waals surface area contributed by atoms with Gasteiger partial charge in [0.15, 0.2) is 0 Å². The third-order valence-electron chi connectivity index (χ3n) is 1.62. The zero-order chi connectivity index (χ0) is 11.3. The number of halogens is 1. The lowest BCUT2D eigenvalue weighted by Gasteiger charge is -2.04. The molecule has 0 aliphatic carbocycles. The number of rotatable bonds is 1. The molecule has 3 nitrogen and oxygen atoms in total. The fourth-order valence-electron chi connectivity index (χ4n) is 0.878. The summed E-state index contributed by atoms with van der Waals surface area (Å²) < 4.78 is 0. The monoisotopic (exact) mass is 214 g/mol. The van der Waals surface area contributed by atoms with E-state index in [1.807, 2.05) is 20.8 Å². The molecule has 0 fully saturated rings. The van der Waals surface area contributed by atoms with Crippen LogP contribution in [0.4, 0.5) is 5.69 Å². The van der Waals surface area contributed by atoms with Crippen molar-refractivity contribution in [1.29, 1.82) is 0 Å². The first-order valence-electron chi connectivity index (χ1n) is 4.38. The second kappa shape index (κ2) is 5.50. The van der Waals surface area contributed by atoms with Gasteiger partial charge in [0, 0.05) is 5.69 Å². The summed E-state index contributed by atoms with van der Waals surface area (Å²) in [5, 5.41) is 0.342. The van der Waals surface area contributed by atoms with Crippen molar-refractivity contribution in [2.45, 2.75) is 20.8 Å². The predicted octanol–water partition coefficient (Wildman–Crippen LogP) is 2.36. The Morgan fingerprint density at radius 1 is 1.36 bits per heavy atom. The van der Waals surface area contributed by atoms with Crippen molar-refractivity contribution in [3.05, 3.63) is 28.3 Å². The summed E-state index contributed by atoms with van der Waals surface area (Å²) in [4.78, 5) is 10.8. The van der Waals surface area contributed by atoms with Gasteiger partial charge in [0.1, 0.15) is 0 Å². The Hall–Kier alpha value is -1.22. The number of nitrogens with two attached hydrogens (primary N) is 2. The van der Waals surface area contributed by atoms with E-state index < -0.39 is 5.91 Å². The van der Waals surface area contributed by atoms with Crippen molar-refractivity contribution in [1.82, 2.24) is 0 Å². The van der Waals surface area contributed by atoms with Gasteiger partial charge in [-0.05, 0) is 24.6 Å². The molecular weight excluding hydrogens is 200 g/mol. The maximum absolute atomic E-state index is 10.8. The minimum absolute atomic E-state index is 0.264. The van der Waals surface area contributed by atoms with E-state index in [4.69, 9.17) is 23.1 Å². The van der Waals surface area contributed by atoms with Crippen LogP contribution in [-0.2, 0) is 0 Å². The molecule has 0 unspecified atom stereocenters. The smallest absolute Gasteiger partial charge is 0.250 e. The Balaban J connectivity index is 0.000000791. The van der Waals surface area contributed by atoms with Crippen LogP contribution in [0.3, 0.4) is 0 Å². The van der Waals surface area contributed by atoms with Gasteiger partial charge >= 0.3 is 0 Å². The van der Waals surface area contributed by atoms with E-state index in [0.29, 0.717) is 10.7 Å². The lowest BCUT2D eigenvalue weighted by molar-refractivity contribution is 0.100. The lowest BCUT2D eigenvalue weighted by atomic mass is 10.1. The zero-order valence-electron chi connectivity index (χ0n) is 8.60. The molecule has 14 heavy (non-hydrogen) atoms. The molecule has 0 atom stereocenters. The van der Waals surface area contributed by atoms with Crippen molar-refractivity contribution in [2.24, 2.45) is 5.73 Å². The lowest BCUT2D eigenvalue weighted by Crippen LogP contribution is -2.12. The van der Waals surface area contributed by atoms with Crippen LogP contribution < -0.4 is 11.5 Å². The molecule has 1 amide bonds. The minimum atomic E-state index is -0.563. The number of carbonyl (C=O) groups excluding carboxylic acids is 1. The number of carbonyl (C=O) groups is 1. The summed E-state index contributed by atoms with van der Waals surface area (Å²) in [6, 6.07) is 3.11. The number of anilines is 1. The van der Waals surface area contributed by atoms with Gasteiger partial charge in [-0.25, -0.2) is 0 Å². The first-order chi connectivity index (χ1) is 6.52. The first kappa shape index (κ1) is 12.8. The molecule has 0 aliphatic heterocycles. The number of hydrogen-bond acceptors (Lipinski definition) is 2. The van der Waals surface area contributed by atoms with E-state index in [2.05, 4.69) is 0 Å². The standard InChI is InChI=1S/C8H9ClN2O.C2H6/c1-4-2-6(9)5(8(11)12)3-7(4)10;1-2/h2-3H,10H2,1H3,(H2,11,12);1-2H3. The van der Waals surface area contributed by atoms with Gasteiger partial charge in [0.25, 0.3) is 0 Å². The van der Waals surface area contributed by atoms with Gasteiger partial charge in [-0.2, -0.15) is 0 Å². The van der Waals surface area contributed by atoms with E-state index in [1.54, 1.807) is 6.07 Å². The molecular formula is C10H15ClN2O. The van der Waals surface area contributed by atoms with E-state index in [9.17, 15) is 4.79 Å².